The van der Waals surface area contributed by atoms with Crippen molar-refractivity contribution in [3.8, 4) is 0 Å². The molecule has 2 aromatic heterocycles. The normalized spacial score (nSPS) is 16.3. The largest absolute Gasteiger partial charge is 0.378 e. The maximum atomic E-state index is 13.2. The lowest BCUT2D eigenvalue weighted by Gasteiger charge is -2.28. The van der Waals surface area contributed by atoms with Crippen molar-refractivity contribution >= 4 is 22.7 Å². The van der Waals surface area contributed by atoms with Crippen LogP contribution in [0.15, 0.2) is 36.5 Å². The topological polar surface area (TPSA) is 80.6 Å². The van der Waals surface area contributed by atoms with Crippen LogP contribution in [0.2, 0.25) is 0 Å². The van der Waals surface area contributed by atoms with E-state index < -0.39 is 0 Å². The average Bonchev–Trinajstić information content (AvgIpc) is 3.17. The molecule has 2 aliphatic heterocycles. The molecule has 2 aliphatic rings. The molecule has 0 bridgehead atoms. The van der Waals surface area contributed by atoms with E-state index in [9.17, 15) is 9.59 Å². The number of pyridine rings is 1. The highest BCUT2D eigenvalue weighted by Crippen LogP contribution is 2.25. The minimum Gasteiger partial charge on any atom is -0.378 e. The number of hydrogen-bond acceptors (Lipinski definition) is 5. The van der Waals surface area contributed by atoms with Gasteiger partial charge in [0.05, 0.1) is 24.4 Å². The Morgan fingerprint density at radius 1 is 1.09 bits per heavy atom. The molecule has 1 fully saturated rings. The van der Waals surface area contributed by atoms with Gasteiger partial charge in [-0.05, 0) is 24.3 Å². The van der Waals surface area contributed by atoms with Crippen LogP contribution in [0, 0.1) is 0 Å². The van der Waals surface area contributed by atoms with Crippen molar-refractivity contribution < 1.29 is 14.3 Å². The lowest BCUT2D eigenvalue weighted by Crippen LogP contribution is -2.40. The molecule has 5 rings (SSSR count). The second-order valence-corrected chi connectivity index (χ2v) is 8.38. The number of aromatic nitrogens is 3. The molecule has 0 spiro atoms. The number of rotatable bonds is 4. The molecule has 8 heteroatoms. The van der Waals surface area contributed by atoms with Gasteiger partial charge in [0.1, 0.15) is 0 Å². The summed E-state index contributed by atoms with van der Waals surface area (Å²) >= 11 is 0. The van der Waals surface area contributed by atoms with Crippen molar-refractivity contribution in [2.45, 2.75) is 25.8 Å². The molecule has 32 heavy (non-hydrogen) atoms. The Bertz CT molecular complexity index is 1170. The molecule has 0 atom stereocenters. The Morgan fingerprint density at radius 3 is 2.78 bits per heavy atom. The number of hydrogen-bond donors (Lipinski definition) is 0. The van der Waals surface area contributed by atoms with Gasteiger partial charge in [-0.15, -0.1) is 0 Å². The lowest BCUT2D eigenvalue weighted by molar-refractivity contribution is -0.135. The minimum atomic E-state index is 0.0144. The number of carbonyl (C=O) groups is 2. The number of fused-ring (bicyclic) bond motifs is 2. The van der Waals surface area contributed by atoms with Crippen LogP contribution in [0.3, 0.4) is 0 Å². The number of ether oxygens (including phenoxy) is 1. The fraction of sp³-hybridized carbons (Fsp3) is 0.417. The first-order valence-corrected chi connectivity index (χ1v) is 11.1. The summed E-state index contributed by atoms with van der Waals surface area (Å²) in [5, 5.41) is 5.65. The molecule has 0 unspecified atom stereocenters. The Morgan fingerprint density at radius 2 is 1.94 bits per heavy atom. The average molecular weight is 434 g/mol. The van der Waals surface area contributed by atoms with Crippen molar-refractivity contribution in [3.63, 3.8) is 0 Å². The van der Waals surface area contributed by atoms with Gasteiger partial charge in [0, 0.05) is 80.9 Å². The highest BCUT2D eigenvalue weighted by atomic mass is 16.5. The van der Waals surface area contributed by atoms with Gasteiger partial charge in [0.15, 0.2) is 0 Å². The highest BCUT2D eigenvalue weighted by molar-refractivity contribution is 5.98. The number of aryl methyl sites for hydroxylation is 2. The lowest BCUT2D eigenvalue weighted by atomic mass is 10.0. The van der Waals surface area contributed by atoms with Gasteiger partial charge in [0.2, 0.25) is 5.91 Å². The smallest absolute Gasteiger partial charge is 0.254 e. The highest BCUT2D eigenvalue weighted by Gasteiger charge is 2.28. The number of amides is 2. The van der Waals surface area contributed by atoms with Crippen LogP contribution in [0.1, 0.15) is 33.7 Å². The molecule has 8 nitrogen and oxygen atoms in total. The molecule has 2 amide bonds. The van der Waals surface area contributed by atoms with E-state index in [1.165, 1.54) is 0 Å². The van der Waals surface area contributed by atoms with Crippen molar-refractivity contribution in [2.24, 2.45) is 7.05 Å². The first kappa shape index (κ1) is 20.6. The van der Waals surface area contributed by atoms with Gasteiger partial charge in [0.25, 0.3) is 5.91 Å². The number of benzene rings is 1. The Balaban J connectivity index is 1.31. The number of nitrogens with zero attached hydrogens (tertiary/aromatic N) is 5. The first-order chi connectivity index (χ1) is 15.6. The molecule has 0 radical (unpaired) electrons. The van der Waals surface area contributed by atoms with Gasteiger partial charge >= 0.3 is 0 Å². The quantitative estimate of drug-likeness (QED) is 0.628. The molecule has 1 saturated heterocycles. The Labute approximate surface area is 186 Å². The van der Waals surface area contributed by atoms with Crippen LogP contribution in [0.4, 0.5) is 0 Å². The monoisotopic (exact) mass is 433 g/mol. The second kappa shape index (κ2) is 8.70. The van der Waals surface area contributed by atoms with Gasteiger partial charge in [-0.3, -0.25) is 19.3 Å². The van der Waals surface area contributed by atoms with Crippen molar-refractivity contribution in [1.82, 2.24) is 24.6 Å². The zero-order chi connectivity index (χ0) is 22.1. The van der Waals surface area contributed by atoms with Crippen LogP contribution in [0.25, 0.3) is 10.9 Å². The fourth-order valence-electron chi connectivity index (χ4n) is 4.63. The molecular formula is C24H27N5O3. The van der Waals surface area contributed by atoms with E-state index in [0.717, 1.165) is 34.3 Å². The summed E-state index contributed by atoms with van der Waals surface area (Å²) in [7, 11) is 1.94. The first-order valence-electron chi connectivity index (χ1n) is 11.1. The molecular weight excluding hydrogens is 406 g/mol. The van der Waals surface area contributed by atoms with E-state index in [-0.39, 0.29) is 11.8 Å². The predicted molar refractivity (Wildman–Crippen MR) is 119 cm³/mol. The van der Waals surface area contributed by atoms with E-state index >= 15 is 0 Å². The summed E-state index contributed by atoms with van der Waals surface area (Å²) in [6, 6.07) is 9.50. The van der Waals surface area contributed by atoms with E-state index in [1.54, 1.807) is 6.20 Å². The SMILES string of the molecule is Cn1nc(CCC(=O)N2CCOCC2)c2c1CCN(C(=O)c1ccc3ncccc3c1)C2. The fourth-order valence-corrected chi connectivity index (χ4v) is 4.63. The van der Waals surface area contributed by atoms with Gasteiger partial charge < -0.3 is 14.5 Å². The van der Waals surface area contributed by atoms with E-state index in [1.807, 2.05) is 51.9 Å². The third-order valence-electron chi connectivity index (χ3n) is 6.40. The maximum absolute atomic E-state index is 13.2. The van der Waals surface area contributed by atoms with Crippen LogP contribution in [-0.4, -0.2) is 69.2 Å². The third kappa shape index (κ3) is 3.98. The van der Waals surface area contributed by atoms with Gasteiger partial charge in [-0.25, -0.2) is 0 Å². The van der Waals surface area contributed by atoms with Crippen LogP contribution in [0.5, 0.6) is 0 Å². The number of carbonyl (C=O) groups excluding carboxylic acids is 2. The van der Waals surface area contributed by atoms with Crippen molar-refractivity contribution in [1.29, 1.82) is 0 Å². The van der Waals surface area contributed by atoms with Crippen LogP contribution in [-0.2, 0) is 36.0 Å². The molecule has 166 valence electrons. The van der Waals surface area contributed by atoms with E-state index in [2.05, 4.69) is 4.98 Å². The molecule has 1 aromatic carbocycles. The predicted octanol–water partition coefficient (Wildman–Crippen LogP) is 1.96. The number of morpholine rings is 1. The van der Waals surface area contributed by atoms with Crippen molar-refractivity contribution in [3.05, 3.63) is 59.0 Å². The summed E-state index contributed by atoms with van der Waals surface area (Å²) in [6.07, 6.45) is 3.53. The summed E-state index contributed by atoms with van der Waals surface area (Å²) in [6.45, 7) is 3.70. The molecule has 4 heterocycles. The summed E-state index contributed by atoms with van der Waals surface area (Å²) in [5.41, 5.74) is 4.71. The van der Waals surface area contributed by atoms with E-state index in [0.29, 0.717) is 57.8 Å². The minimum absolute atomic E-state index is 0.0144. The summed E-state index contributed by atoms with van der Waals surface area (Å²) in [4.78, 5) is 33.9. The summed E-state index contributed by atoms with van der Waals surface area (Å²) < 4.78 is 7.24. The van der Waals surface area contributed by atoms with Gasteiger partial charge in [-0.2, -0.15) is 5.10 Å². The Kier molecular flexibility index (Phi) is 5.61. The van der Waals surface area contributed by atoms with Gasteiger partial charge in [-0.1, -0.05) is 6.07 Å². The maximum Gasteiger partial charge on any atom is 0.254 e. The van der Waals surface area contributed by atoms with Crippen LogP contribution < -0.4 is 0 Å². The molecule has 0 aliphatic carbocycles. The zero-order valence-electron chi connectivity index (χ0n) is 18.3. The molecule has 3 aromatic rings. The Hall–Kier alpha value is -3.26. The van der Waals surface area contributed by atoms with Crippen molar-refractivity contribution in [2.75, 3.05) is 32.8 Å². The standard InChI is InChI=1S/C24H27N5O3/c1-27-22-8-10-29(24(31)18-4-5-20-17(15-18)3-2-9-25-20)16-19(22)21(26-27)6-7-23(30)28-11-13-32-14-12-28/h2-5,9,15H,6-8,10-14,16H2,1H3. The van der Waals surface area contributed by atoms with E-state index in [4.69, 9.17) is 9.84 Å². The summed E-state index contributed by atoms with van der Waals surface area (Å²) in [5.74, 6) is 0.154. The zero-order valence-corrected chi connectivity index (χ0v) is 18.3. The second-order valence-electron chi connectivity index (χ2n) is 8.38. The third-order valence-corrected chi connectivity index (χ3v) is 6.40. The molecule has 0 N–H and O–H groups in total. The van der Waals surface area contributed by atoms with Crippen LogP contribution >= 0.6 is 0 Å². The molecule has 0 saturated carbocycles.